The number of hydrogen-bond acceptors (Lipinski definition) is 4. The third kappa shape index (κ3) is 4.28. The maximum atomic E-state index is 12.7. The summed E-state index contributed by atoms with van der Waals surface area (Å²) in [5.41, 5.74) is 4.11. The van der Waals surface area contributed by atoms with Gasteiger partial charge in [-0.1, -0.05) is 42.1 Å². The minimum atomic E-state index is -0.0826. The van der Waals surface area contributed by atoms with Crippen molar-refractivity contribution in [1.82, 2.24) is 14.9 Å². The van der Waals surface area contributed by atoms with Crippen LogP contribution < -0.4 is 10.9 Å². The molecule has 0 saturated heterocycles. The Bertz CT molecular complexity index is 1080. The quantitative estimate of drug-likeness (QED) is 0.506. The molecular weight excluding hydrogens is 370 g/mol. The molecule has 5 nitrogen and oxygen atoms in total. The highest BCUT2D eigenvalue weighted by Gasteiger charge is 2.14. The maximum absolute atomic E-state index is 12.7. The van der Waals surface area contributed by atoms with E-state index in [4.69, 9.17) is 0 Å². The Morgan fingerprint density at radius 3 is 2.64 bits per heavy atom. The van der Waals surface area contributed by atoms with E-state index in [1.54, 1.807) is 10.6 Å². The van der Waals surface area contributed by atoms with Gasteiger partial charge in [0.25, 0.3) is 5.56 Å². The van der Waals surface area contributed by atoms with Gasteiger partial charge in [0, 0.05) is 6.54 Å². The van der Waals surface area contributed by atoms with Gasteiger partial charge >= 0.3 is 0 Å². The van der Waals surface area contributed by atoms with Gasteiger partial charge in [-0.2, -0.15) is 0 Å². The highest BCUT2D eigenvalue weighted by molar-refractivity contribution is 7.99. The lowest BCUT2D eigenvalue weighted by atomic mass is 10.0. The number of rotatable bonds is 6. The molecule has 0 radical (unpaired) electrons. The summed E-state index contributed by atoms with van der Waals surface area (Å²) in [5, 5.41) is 4.20. The standard InChI is InChI=1S/C22H25N3O2S/c1-5-25-21(27)18-8-6-7-9-19(18)24-22(25)28-13-20(26)23-16(4)17-11-10-14(2)15(3)12-17/h6-12,16H,5,13H2,1-4H3,(H,23,26). The third-order valence-electron chi connectivity index (χ3n) is 4.88. The van der Waals surface area contributed by atoms with E-state index in [2.05, 4.69) is 36.3 Å². The first-order chi connectivity index (χ1) is 13.4. The van der Waals surface area contributed by atoms with Crippen LogP contribution in [-0.2, 0) is 11.3 Å². The molecule has 28 heavy (non-hydrogen) atoms. The largest absolute Gasteiger partial charge is 0.349 e. The highest BCUT2D eigenvalue weighted by atomic mass is 32.2. The predicted molar refractivity (Wildman–Crippen MR) is 115 cm³/mol. The number of hydrogen-bond donors (Lipinski definition) is 1. The van der Waals surface area contributed by atoms with E-state index in [0.29, 0.717) is 22.6 Å². The van der Waals surface area contributed by atoms with Crippen LogP contribution in [0, 0.1) is 13.8 Å². The fourth-order valence-electron chi connectivity index (χ4n) is 3.07. The molecule has 0 bridgehead atoms. The minimum Gasteiger partial charge on any atom is -0.349 e. The van der Waals surface area contributed by atoms with Crippen LogP contribution in [0.2, 0.25) is 0 Å². The van der Waals surface area contributed by atoms with Crippen LogP contribution >= 0.6 is 11.8 Å². The monoisotopic (exact) mass is 395 g/mol. The molecule has 0 spiro atoms. The number of para-hydroxylation sites is 1. The summed E-state index contributed by atoms with van der Waals surface area (Å²) >= 11 is 1.29. The van der Waals surface area contributed by atoms with Gasteiger partial charge in [0.15, 0.2) is 5.16 Å². The first-order valence-corrected chi connectivity index (χ1v) is 10.4. The van der Waals surface area contributed by atoms with Gasteiger partial charge in [0.2, 0.25) is 5.91 Å². The van der Waals surface area contributed by atoms with E-state index < -0.39 is 0 Å². The second kappa shape index (κ2) is 8.61. The number of thioether (sulfide) groups is 1. The lowest BCUT2D eigenvalue weighted by Gasteiger charge is -2.16. The summed E-state index contributed by atoms with van der Waals surface area (Å²) in [5.74, 6) is 0.126. The molecule has 1 N–H and O–H groups in total. The lowest BCUT2D eigenvalue weighted by molar-refractivity contribution is -0.119. The number of aryl methyl sites for hydroxylation is 2. The Labute approximate surface area is 169 Å². The van der Waals surface area contributed by atoms with Crippen LogP contribution in [0.4, 0.5) is 0 Å². The molecule has 1 unspecified atom stereocenters. The van der Waals surface area contributed by atoms with E-state index in [1.165, 1.54) is 22.9 Å². The van der Waals surface area contributed by atoms with Gasteiger partial charge in [-0.05, 0) is 56.5 Å². The number of fused-ring (bicyclic) bond motifs is 1. The molecule has 0 saturated carbocycles. The smallest absolute Gasteiger partial charge is 0.262 e. The van der Waals surface area contributed by atoms with Crippen LogP contribution in [0.25, 0.3) is 10.9 Å². The zero-order chi connectivity index (χ0) is 20.3. The number of carbonyl (C=O) groups is 1. The zero-order valence-electron chi connectivity index (χ0n) is 16.7. The van der Waals surface area contributed by atoms with Gasteiger partial charge in [-0.15, -0.1) is 0 Å². The maximum Gasteiger partial charge on any atom is 0.262 e. The molecule has 6 heteroatoms. The topological polar surface area (TPSA) is 64.0 Å². The number of benzene rings is 2. The van der Waals surface area contributed by atoms with Crippen molar-refractivity contribution in [3.05, 3.63) is 69.5 Å². The second-order valence-corrected chi connectivity index (χ2v) is 7.83. The Kier molecular flexibility index (Phi) is 6.19. The van der Waals surface area contributed by atoms with E-state index in [9.17, 15) is 9.59 Å². The Morgan fingerprint density at radius 1 is 1.18 bits per heavy atom. The number of nitrogens with zero attached hydrogens (tertiary/aromatic N) is 2. The molecule has 1 amide bonds. The summed E-state index contributed by atoms with van der Waals surface area (Å²) in [6.07, 6.45) is 0. The number of amides is 1. The first kappa shape index (κ1) is 20.1. The molecule has 1 heterocycles. The van der Waals surface area contributed by atoms with E-state index in [-0.39, 0.29) is 23.3 Å². The van der Waals surface area contributed by atoms with Crippen molar-refractivity contribution in [2.45, 2.75) is 45.4 Å². The van der Waals surface area contributed by atoms with Gasteiger partial charge in [0.05, 0.1) is 22.7 Å². The van der Waals surface area contributed by atoms with Gasteiger partial charge in [0.1, 0.15) is 0 Å². The SMILES string of the molecule is CCn1c(SCC(=O)NC(C)c2ccc(C)c(C)c2)nc2ccccc2c1=O. The Hall–Kier alpha value is -2.60. The normalized spacial score (nSPS) is 12.1. The van der Waals surface area contributed by atoms with Gasteiger partial charge in [-0.25, -0.2) is 4.98 Å². The summed E-state index contributed by atoms with van der Waals surface area (Å²) in [6, 6.07) is 13.4. The van der Waals surface area contributed by atoms with Crippen molar-refractivity contribution < 1.29 is 4.79 Å². The van der Waals surface area contributed by atoms with Crippen LogP contribution in [0.3, 0.4) is 0 Å². The molecule has 3 rings (SSSR count). The summed E-state index contributed by atoms with van der Waals surface area (Å²) in [4.78, 5) is 29.7. The highest BCUT2D eigenvalue weighted by Crippen LogP contribution is 2.19. The molecule has 146 valence electrons. The fraction of sp³-hybridized carbons (Fsp3) is 0.318. The van der Waals surface area contributed by atoms with Crippen molar-refractivity contribution in [2.75, 3.05) is 5.75 Å². The zero-order valence-corrected chi connectivity index (χ0v) is 17.5. The molecule has 0 aliphatic carbocycles. The Morgan fingerprint density at radius 2 is 1.93 bits per heavy atom. The van der Waals surface area contributed by atoms with E-state index in [0.717, 1.165) is 5.56 Å². The van der Waals surface area contributed by atoms with Crippen molar-refractivity contribution in [1.29, 1.82) is 0 Å². The number of carbonyl (C=O) groups excluding carboxylic acids is 1. The number of aromatic nitrogens is 2. The minimum absolute atomic E-state index is 0.0699. The molecule has 0 aliphatic rings. The summed E-state index contributed by atoms with van der Waals surface area (Å²) in [6.45, 7) is 8.54. The van der Waals surface area contributed by atoms with Crippen molar-refractivity contribution >= 4 is 28.6 Å². The average molecular weight is 396 g/mol. The van der Waals surface area contributed by atoms with Crippen LogP contribution in [0.15, 0.2) is 52.4 Å². The van der Waals surface area contributed by atoms with Crippen molar-refractivity contribution in [3.8, 4) is 0 Å². The van der Waals surface area contributed by atoms with Gasteiger partial charge < -0.3 is 5.32 Å². The van der Waals surface area contributed by atoms with Gasteiger partial charge in [-0.3, -0.25) is 14.2 Å². The van der Waals surface area contributed by atoms with Crippen LogP contribution in [0.1, 0.15) is 36.6 Å². The molecule has 2 aromatic carbocycles. The summed E-state index contributed by atoms with van der Waals surface area (Å²) < 4.78 is 1.62. The molecular formula is C22H25N3O2S. The molecule has 1 aromatic heterocycles. The van der Waals surface area contributed by atoms with Crippen molar-refractivity contribution in [2.24, 2.45) is 0 Å². The van der Waals surface area contributed by atoms with Crippen LogP contribution in [0.5, 0.6) is 0 Å². The lowest BCUT2D eigenvalue weighted by Crippen LogP contribution is -2.29. The number of nitrogens with one attached hydrogen (secondary N) is 1. The Balaban J connectivity index is 1.72. The third-order valence-corrected chi connectivity index (χ3v) is 5.86. The van der Waals surface area contributed by atoms with E-state index >= 15 is 0 Å². The fourth-order valence-corrected chi connectivity index (χ4v) is 3.94. The second-order valence-electron chi connectivity index (χ2n) is 6.88. The molecule has 0 fully saturated rings. The molecule has 1 atom stereocenters. The summed E-state index contributed by atoms with van der Waals surface area (Å²) in [7, 11) is 0. The molecule has 0 aliphatic heterocycles. The van der Waals surface area contributed by atoms with Crippen LogP contribution in [-0.4, -0.2) is 21.2 Å². The molecule has 3 aromatic rings. The first-order valence-electron chi connectivity index (χ1n) is 9.39. The predicted octanol–water partition coefficient (Wildman–Crippen LogP) is 4.00. The van der Waals surface area contributed by atoms with Crippen molar-refractivity contribution in [3.63, 3.8) is 0 Å². The average Bonchev–Trinajstić information content (AvgIpc) is 2.68. The van der Waals surface area contributed by atoms with E-state index in [1.807, 2.05) is 38.1 Å².